The minimum Gasteiger partial charge on any atom is -0.506 e. The summed E-state index contributed by atoms with van der Waals surface area (Å²) < 4.78 is 13.3. The molecule has 0 aliphatic rings. The number of nitrogens with two attached hydrogens (primary N) is 1. The average molecular weight is 263 g/mol. The number of benzene rings is 1. The van der Waals surface area contributed by atoms with Crippen molar-refractivity contribution in [3.63, 3.8) is 0 Å². The third kappa shape index (κ3) is 2.57. The van der Waals surface area contributed by atoms with Crippen LogP contribution in [0.5, 0.6) is 5.75 Å². The Morgan fingerprint density at radius 3 is 2.78 bits per heavy atom. The van der Waals surface area contributed by atoms with E-state index in [-0.39, 0.29) is 16.9 Å². The third-order valence-electron chi connectivity index (χ3n) is 2.34. The fourth-order valence-electron chi connectivity index (χ4n) is 1.49. The van der Waals surface area contributed by atoms with Crippen LogP contribution in [0, 0.1) is 5.82 Å². The van der Waals surface area contributed by atoms with E-state index < -0.39 is 11.7 Å². The Morgan fingerprint density at radius 2 is 2.17 bits per heavy atom. The van der Waals surface area contributed by atoms with Crippen molar-refractivity contribution in [3.05, 3.63) is 51.5 Å². The van der Waals surface area contributed by atoms with Gasteiger partial charge in [-0.25, -0.2) is 4.39 Å². The summed E-state index contributed by atoms with van der Waals surface area (Å²) in [5, 5.41) is 11.7. The molecule has 0 unspecified atom stereocenters. The predicted molar refractivity (Wildman–Crippen MR) is 69.8 cm³/mol. The Hall–Kier alpha value is -2.14. The quantitative estimate of drug-likeness (QED) is 0.894. The Labute approximate surface area is 107 Å². The van der Waals surface area contributed by atoms with Gasteiger partial charge < -0.3 is 10.8 Å². The monoisotopic (exact) mass is 263 g/mol. The maximum absolute atomic E-state index is 13.3. The minimum absolute atomic E-state index is 0.220. The second-order valence-electron chi connectivity index (χ2n) is 3.60. The van der Waals surface area contributed by atoms with E-state index in [4.69, 9.17) is 5.73 Å². The van der Waals surface area contributed by atoms with Crippen LogP contribution < -0.4 is 5.73 Å². The molecule has 2 rings (SSSR count). The lowest BCUT2D eigenvalue weighted by molar-refractivity contribution is 0.0997. The van der Waals surface area contributed by atoms with Gasteiger partial charge in [0.1, 0.15) is 11.6 Å². The van der Waals surface area contributed by atoms with Gasteiger partial charge in [0.05, 0.1) is 5.56 Å². The van der Waals surface area contributed by atoms with Crippen molar-refractivity contribution in [2.75, 3.05) is 0 Å². The zero-order valence-electron chi connectivity index (χ0n) is 9.26. The lowest BCUT2D eigenvalue weighted by Crippen LogP contribution is -2.11. The van der Waals surface area contributed by atoms with Crippen LogP contribution in [0.4, 0.5) is 4.39 Å². The molecule has 0 fully saturated rings. The van der Waals surface area contributed by atoms with Gasteiger partial charge >= 0.3 is 0 Å². The summed E-state index contributed by atoms with van der Waals surface area (Å²) in [6, 6.07) is 5.82. The van der Waals surface area contributed by atoms with Crippen LogP contribution in [0.15, 0.2) is 29.6 Å². The van der Waals surface area contributed by atoms with Crippen LogP contribution in [0.3, 0.4) is 0 Å². The number of amides is 1. The first-order valence-corrected chi connectivity index (χ1v) is 6.00. The zero-order chi connectivity index (χ0) is 13.1. The fourth-order valence-corrected chi connectivity index (χ4v) is 2.11. The molecule has 18 heavy (non-hydrogen) atoms. The van der Waals surface area contributed by atoms with Crippen LogP contribution in [-0.2, 0) is 0 Å². The molecule has 0 saturated carbocycles. The van der Waals surface area contributed by atoms with E-state index in [1.54, 1.807) is 6.08 Å². The first kappa shape index (κ1) is 12.3. The fraction of sp³-hybridized carbons (Fsp3) is 0. The van der Waals surface area contributed by atoms with Gasteiger partial charge in [0.25, 0.3) is 5.91 Å². The molecule has 2 aromatic rings. The molecule has 0 aliphatic carbocycles. The van der Waals surface area contributed by atoms with Gasteiger partial charge in [-0.05, 0) is 35.7 Å². The minimum atomic E-state index is -0.863. The van der Waals surface area contributed by atoms with Gasteiger partial charge in [-0.1, -0.05) is 6.07 Å². The van der Waals surface area contributed by atoms with Gasteiger partial charge in [0.2, 0.25) is 0 Å². The second-order valence-corrected chi connectivity index (χ2v) is 4.58. The Kier molecular flexibility index (Phi) is 3.43. The van der Waals surface area contributed by atoms with Crippen molar-refractivity contribution in [3.8, 4) is 5.75 Å². The van der Waals surface area contributed by atoms with Crippen molar-refractivity contribution < 1.29 is 14.3 Å². The summed E-state index contributed by atoms with van der Waals surface area (Å²) in [5.74, 6) is -1.79. The molecule has 92 valence electrons. The Bertz CT molecular complexity index is 606. The molecule has 0 spiro atoms. The van der Waals surface area contributed by atoms with Crippen molar-refractivity contribution >= 4 is 29.4 Å². The number of hydrogen-bond donors (Lipinski definition) is 2. The summed E-state index contributed by atoms with van der Waals surface area (Å²) in [4.78, 5) is 12.0. The molecular weight excluding hydrogens is 253 g/mol. The van der Waals surface area contributed by atoms with E-state index in [0.717, 1.165) is 17.0 Å². The van der Waals surface area contributed by atoms with Gasteiger partial charge in [-0.2, -0.15) is 0 Å². The van der Waals surface area contributed by atoms with E-state index in [1.807, 2.05) is 17.5 Å². The highest BCUT2D eigenvalue weighted by Gasteiger charge is 2.12. The molecule has 0 saturated heterocycles. The van der Waals surface area contributed by atoms with Crippen LogP contribution in [0.2, 0.25) is 0 Å². The number of hydrogen-bond acceptors (Lipinski definition) is 3. The first-order chi connectivity index (χ1) is 8.58. The van der Waals surface area contributed by atoms with Crippen LogP contribution in [-0.4, -0.2) is 11.0 Å². The van der Waals surface area contributed by atoms with Crippen molar-refractivity contribution in [2.24, 2.45) is 5.73 Å². The highest BCUT2D eigenvalue weighted by atomic mass is 32.1. The van der Waals surface area contributed by atoms with Crippen molar-refractivity contribution in [1.29, 1.82) is 0 Å². The molecule has 0 atom stereocenters. The van der Waals surface area contributed by atoms with Gasteiger partial charge in [0.15, 0.2) is 0 Å². The average Bonchev–Trinajstić information content (AvgIpc) is 2.82. The lowest BCUT2D eigenvalue weighted by atomic mass is 10.1. The van der Waals surface area contributed by atoms with E-state index in [9.17, 15) is 14.3 Å². The second kappa shape index (κ2) is 5.01. The molecule has 0 bridgehead atoms. The number of carbonyl (C=O) groups excluding carboxylic acids is 1. The maximum Gasteiger partial charge on any atom is 0.252 e. The number of aromatic hydroxyl groups is 1. The number of rotatable bonds is 3. The molecule has 3 N–H and O–H groups in total. The van der Waals surface area contributed by atoms with Gasteiger partial charge in [-0.3, -0.25) is 4.79 Å². The zero-order valence-corrected chi connectivity index (χ0v) is 10.1. The summed E-state index contributed by atoms with van der Waals surface area (Å²) in [5.41, 5.74) is 5.05. The summed E-state index contributed by atoms with van der Waals surface area (Å²) >= 11 is 1.51. The molecule has 1 aromatic heterocycles. The highest BCUT2D eigenvalue weighted by molar-refractivity contribution is 7.10. The Balaban J connectivity index is 2.42. The number of thiophene rings is 1. The molecule has 1 heterocycles. The third-order valence-corrected chi connectivity index (χ3v) is 3.18. The molecule has 0 aliphatic heterocycles. The molecule has 1 aromatic carbocycles. The number of phenols is 1. The first-order valence-electron chi connectivity index (χ1n) is 5.12. The molecule has 3 nitrogen and oxygen atoms in total. The van der Waals surface area contributed by atoms with Gasteiger partial charge in [0, 0.05) is 10.4 Å². The predicted octanol–water partition coefficient (Wildman–Crippen LogP) is 2.86. The Morgan fingerprint density at radius 1 is 1.39 bits per heavy atom. The summed E-state index contributed by atoms with van der Waals surface area (Å²) in [6.45, 7) is 0. The van der Waals surface area contributed by atoms with Crippen LogP contribution in [0.1, 0.15) is 20.8 Å². The van der Waals surface area contributed by atoms with Crippen LogP contribution in [0.25, 0.3) is 12.2 Å². The SMILES string of the molecule is NC(=O)c1cc(F)cc(/C=C/c2cccs2)c1O. The van der Waals surface area contributed by atoms with E-state index in [2.05, 4.69) is 0 Å². The van der Waals surface area contributed by atoms with Crippen molar-refractivity contribution in [1.82, 2.24) is 0 Å². The summed E-state index contributed by atoms with van der Waals surface area (Å²) in [6.07, 6.45) is 3.26. The van der Waals surface area contributed by atoms with Crippen LogP contribution >= 0.6 is 11.3 Å². The highest BCUT2D eigenvalue weighted by Crippen LogP contribution is 2.26. The number of halogens is 1. The topological polar surface area (TPSA) is 63.3 Å². The maximum atomic E-state index is 13.3. The normalized spacial score (nSPS) is 10.9. The lowest BCUT2D eigenvalue weighted by Gasteiger charge is -2.04. The largest absolute Gasteiger partial charge is 0.506 e. The smallest absolute Gasteiger partial charge is 0.252 e. The van der Waals surface area contributed by atoms with Crippen molar-refractivity contribution in [2.45, 2.75) is 0 Å². The molecular formula is C13H10FNO2S. The van der Waals surface area contributed by atoms with E-state index >= 15 is 0 Å². The number of carbonyl (C=O) groups is 1. The van der Waals surface area contributed by atoms with Gasteiger partial charge in [-0.15, -0.1) is 11.3 Å². The van der Waals surface area contributed by atoms with E-state index in [1.165, 1.54) is 17.4 Å². The van der Waals surface area contributed by atoms with E-state index in [0.29, 0.717) is 0 Å². The molecule has 5 heteroatoms. The molecule has 0 radical (unpaired) electrons. The summed E-state index contributed by atoms with van der Waals surface area (Å²) in [7, 11) is 0. The number of primary amides is 1. The molecule has 1 amide bonds. The standard InChI is InChI=1S/C13H10FNO2S/c14-9-6-8(3-4-10-2-1-5-18-10)12(16)11(7-9)13(15)17/h1-7,16H,(H2,15,17)/b4-3+.